The van der Waals surface area contributed by atoms with E-state index in [1.165, 1.54) is 25.4 Å². The summed E-state index contributed by atoms with van der Waals surface area (Å²) in [5.74, 6) is -0.652. The molecule has 0 saturated heterocycles. The number of aryl methyl sites for hydroxylation is 1. The summed E-state index contributed by atoms with van der Waals surface area (Å²) in [5, 5.41) is 17.5. The van der Waals surface area contributed by atoms with Crippen molar-refractivity contribution in [2.45, 2.75) is 25.2 Å². The molecule has 2 aromatic heterocycles. The van der Waals surface area contributed by atoms with Crippen molar-refractivity contribution in [2.24, 2.45) is 0 Å². The van der Waals surface area contributed by atoms with E-state index in [1.54, 1.807) is 16.8 Å². The third-order valence-corrected chi connectivity index (χ3v) is 4.70. The van der Waals surface area contributed by atoms with E-state index < -0.39 is 11.9 Å². The number of carbonyl (C=O) groups excluding carboxylic acids is 1. The number of benzene rings is 1. The van der Waals surface area contributed by atoms with Crippen molar-refractivity contribution in [1.29, 1.82) is 0 Å². The highest BCUT2D eigenvalue weighted by atomic mass is 16.5. The summed E-state index contributed by atoms with van der Waals surface area (Å²) in [5.41, 5.74) is 2.56. The first-order chi connectivity index (χ1) is 13.0. The van der Waals surface area contributed by atoms with Crippen LogP contribution in [0.1, 0.15) is 56.1 Å². The van der Waals surface area contributed by atoms with Crippen molar-refractivity contribution < 1.29 is 24.0 Å². The third-order valence-electron chi connectivity index (χ3n) is 4.70. The monoisotopic (exact) mass is 367 g/mol. The Balaban J connectivity index is 1.78. The molecular weight excluding hydrogens is 350 g/mol. The zero-order chi connectivity index (χ0) is 19.1. The van der Waals surface area contributed by atoms with E-state index in [9.17, 15) is 14.7 Å². The van der Waals surface area contributed by atoms with Gasteiger partial charge in [-0.15, -0.1) is 0 Å². The smallest absolute Gasteiger partial charge is 0.341 e. The number of carboxylic acids is 1. The molecule has 1 N–H and O–H groups in total. The molecule has 1 fully saturated rings. The first kappa shape index (κ1) is 17.0. The first-order valence-corrected chi connectivity index (χ1v) is 8.42. The molecule has 3 aromatic rings. The topological polar surface area (TPSA) is 107 Å². The Hall–Kier alpha value is -3.42. The van der Waals surface area contributed by atoms with Crippen LogP contribution < -0.4 is 0 Å². The number of methoxy groups -OCH3 is 1. The third kappa shape index (κ3) is 2.99. The number of carbonyl (C=O) groups is 2. The van der Waals surface area contributed by atoms with Crippen molar-refractivity contribution in [3.63, 3.8) is 0 Å². The molecule has 138 valence electrons. The molecule has 0 aliphatic heterocycles. The Morgan fingerprint density at radius 3 is 2.78 bits per heavy atom. The van der Waals surface area contributed by atoms with E-state index in [2.05, 4.69) is 10.3 Å². The van der Waals surface area contributed by atoms with Gasteiger partial charge >= 0.3 is 11.9 Å². The van der Waals surface area contributed by atoms with E-state index in [1.807, 2.05) is 13.0 Å². The molecule has 0 radical (unpaired) electrons. The molecule has 0 amide bonds. The molecule has 8 nitrogen and oxygen atoms in total. The van der Waals surface area contributed by atoms with Crippen LogP contribution in [0.3, 0.4) is 0 Å². The van der Waals surface area contributed by atoms with E-state index in [-0.39, 0.29) is 17.4 Å². The molecule has 2 heterocycles. The molecule has 1 saturated carbocycles. The van der Waals surface area contributed by atoms with Crippen molar-refractivity contribution >= 4 is 11.9 Å². The Labute approximate surface area is 154 Å². The van der Waals surface area contributed by atoms with Crippen LogP contribution in [0, 0.1) is 6.92 Å². The van der Waals surface area contributed by atoms with Gasteiger partial charge in [0.25, 0.3) is 0 Å². The second-order valence-electron chi connectivity index (χ2n) is 6.52. The number of rotatable bonds is 5. The van der Waals surface area contributed by atoms with E-state index in [0.29, 0.717) is 16.9 Å². The van der Waals surface area contributed by atoms with Crippen molar-refractivity contribution in [3.8, 4) is 5.69 Å². The van der Waals surface area contributed by atoms with E-state index in [0.717, 1.165) is 17.9 Å². The Morgan fingerprint density at radius 2 is 2.11 bits per heavy atom. The second kappa shape index (κ2) is 6.39. The van der Waals surface area contributed by atoms with Gasteiger partial charge in [-0.25, -0.2) is 14.3 Å². The van der Waals surface area contributed by atoms with Gasteiger partial charge in [0.05, 0.1) is 35.9 Å². The summed E-state index contributed by atoms with van der Waals surface area (Å²) in [6.07, 6.45) is 2.23. The predicted octanol–water partition coefficient (Wildman–Crippen LogP) is 2.92. The van der Waals surface area contributed by atoms with Crippen LogP contribution in [0.2, 0.25) is 0 Å². The standard InChI is InChI=1S/C19H17N3O5/c1-10-6-16(27-21-10)13-8-14(13)17-15(19(25)26-2)9-20-22(17)12-5-3-4-11(7-12)18(23)24/h3-7,9,13-14H,8H2,1-2H3,(H,23,24)/t13-,14-/m1/s1. The van der Waals surface area contributed by atoms with Crippen LogP contribution in [-0.4, -0.2) is 39.1 Å². The lowest BCUT2D eigenvalue weighted by Gasteiger charge is -2.09. The lowest BCUT2D eigenvalue weighted by molar-refractivity contribution is 0.0598. The minimum atomic E-state index is -1.03. The number of hydrogen-bond acceptors (Lipinski definition) is 6. The molecule has 27 heavy (non-hydrogen) atoms. The number of hydrogen-bond donors (Lipinski definition) is 1. The van der Waals surface area contributed by atoms with Gasteiger partial charge in [-0.05, 0) is 31.5 Å². The summed E-state index contributed by atoms with van der Waals surface area (Å²) in [4.78, 5) is 23.5. The molecular formula is C19H17N3O5. The highest BCUT2D eigenvalue weighted by molar-refractivity contribution is 5.91. The maximum atomic E-state index is 12.2. The fourth-order valence-electron chi connectivity index (χ4n) is 3.33. The number of esters is 1. The average molecular weight is 367 g/mol. The Kier molecular flexibility index (Phi) is 4.02. The Bertz CT molecular complexity index is 1040. The maximum Gasteiger partial charge on any atom is 0.341 e. The largest absolute Gasteiger partial charge is 0.478 e. The number of ether oxygens (including phenoxy) is 1. The maximum absolute atomic E-state index is 12.2. The Morgan fingerprint density at radius 1 is 1.30 bits per heavy atom. The van der Waals surface area contributed by atoms with Gasteiger partial charge in [0.2, 0.25) is 0 Å². The van der Waals surface area contributed by atoms with Gasteiger partial charge in [-0.2, -0.15) is 5.10 Å². The lowest BCUT2D eigenvalue weighted by Crippen LogP contribution is -2.08. The number of nitrogens with zero attached hydrogens (tertiary/aromatic N) is 3. The van der Waals surface area contributed by atoms with Crippen molar-refractivity contribution in [1.82, 2.24) is 14.9 Å². The van der Waals surface area contributed by atoms with Crippen molar-refractivity contribution in [3.05, 3.63) is 64.8 Å². The van der Waals surface area contributed by atoms with E-state index in [4.69, 9.17) is 9.26 Å². The van der Waals surface area contributed by atoms with Crippen LogP contribution in [0.5, 0.6) is 0 Å². The molecule has 0 unspecified atom stereocenters. The van der Waals surface area contributed by atoms with Crippen LogP contribution in [0.15, 0.2) is 41.1 Å². The minimum Gasteiger partial charge on any atom is -0.478 e. The van der Waals surface area contributed by atoms with Crippen LogP contribution in [0.4, 0.5) is 0 Å². The van der Waals surface area contributed by atoms with Crippen molar-refractivity contribution in [2.75, 3.05) is 7.11 Å². The normalized spacial score (nSPS) is 18.3. The van der Waals surface area contributed by atoms with E-state index >= 15 is 0 Å². The van der Waals surface area contributed by atoms with Gasteiger partial charge in [-0.3, -0.25) is 0 Å². The van der Waals surface area contributed by atoms with Crippen LogP contribution >= 0.6 is 0 Å². The summed E-state index contributed by atoms with van der Waals surface area (Å²) in [7, 11) is 1.32. The lowest BCUT2D eigenvalue weighted by atomic mass is 10.1. The highest BCUT2D eigenvalue weighted by Gasteiger charge is 2.46. The number of carboxylic acid groups (broad SMARTS) is 1. The molecule has 1 aliphatic rings. The zero-order valence-electron chi connectivity index (χ0n) is 14.7. The summed E-state index contributed by atoms with van der Waals surface area (Å²) in [6.45, 7) is 1.85. The minimum absolute atomic E-state index is 0.00225. The van der Waals surface area contributed by atoms with Gasteiger partial charge in [-0.1, -0.05) is 11.2 Å². The highest BCUT2D eigenvalue weighted by Crippen LogP contribution is 2.55. The van der Waals surface area contributed by atoms with Gasteiger partial charge in [0, 0.05) is 17.9 Å². The number of aromatic carboxylic acids is 1. The molecule has 0 bridgehead atoms. The zero-order valence-corrected chi connectivity index (χ0v) is 14.7. The second-order valence-corrected chi connectivity index (χ2v) is 6.52. The molecule has 1 aromatic carbocycles. The fourth-order valence-corrected chi connectivity index (χ4v) is 3.33. The molecule has 0 spiro atoms. The van der Waals surface area contributed by atoms with Gasteiger partial charge in [0.1, 0.15) is 11.3 Å². The molecule has 8 heteroatoms. The SMILES string of the molecule is COC(=O)c1cnn(-c2cccc(C(=O)O)c2)c1[C@@H]1C[C@H]1c1cc(C)no1. The molecule has 2 atom stereocenters. The quantitative estimate of drug-likeness (QED) is 0.691. The summed E-state index contributed by atoms with van der Waals surface area (Å²) in [6, 6.07) is 8.31. The first-order valence-electron chi connectivity index (χ1n) is 8.42. The average Bonchev–Trinajstić information content (AvgIpc) is 3.12. The molecule has 4 rings (SSSR count). The van der Waals surface area contributed by atoms with Crippen LogP contribution in [0.25, 0.3) is 5.69 Å². The van der Waals surface area contributed by atoms with Gasteiger partial charge < -0.3 is 14.4 Å². The van der Waals surface area contributed by atoms with Crippen LogP contribution in [-0.2, 0) is 4.74 Å². The van der Waals surface area contributed by atoms with Gasteiger partial charge in [0.15, 0.2) is 0 Å². The predicted molar refractivity (Wildman–Crippen MR) is 93.2 cm³/mol. The molecule has 1 aliphatic carbocycles. The number of aromatic nitrogens is 3. The fraction of sp³-hybridized carbons (Fsp3) is 0.263. The summed E-state index contributed by atoms with van der Waals surface area (Å²) < 4.78 is 11.9. The summed E-state index contributed by atoms with van der Waals surface area (Å²) >= 11 is 0.